The quantitative estimate of drug-likeness (QED) is 0.417. The Labute approximate surface area is 154 Å². The minimum Gasteiger partial charge on any atom is -0.385 e. The summed E-state index contributed by atoms with van der Waals surface area (Å²) < 4.78 is 10.4. The number of hydrogen-bond donors (Lipinski definition) is 0. The molecule has 0 saturated carbocycles. The van der Waals surface area contributed by atoms with Gasteiger partial charge in [0.1, 0.15) is 0 Å². The van der Waals surface area contributed by atoms with E-state index in [4.69, 9.17) is 9.47 Å². The van der Waals surface area contributed by atoms with Gasteiger partial charge in [-0.2, -0.15) is 0 Å². The molecular weight excluding hydrogens is 327 g/mol. The lowest BCUT2D eigenvalue weighted by Crippen LogP contribution is -2.13. The highest BCUT2D eigenvalue weighted by molar-refractivity contribution is 7.55. The van der Waals surface area contributed by atoms with Crippen LogP contribution in [-0.4, -0.2) is 27.4 Å². The van der Waals surface area contributed by atoms with Crippen molar-refractivity contribution in [1.82, 2.24) is 0 Å². The highest BCUT2D eigenvalue weighted by Crippen LogP contribution is 2.20. The van der Waals surface area contributed by atoms with Gasteiger partial charge in [0.15, 0.2) is 0 Å². The largest absolute Gasteiger partial charge is 0.385 e. The lowest BCUT2D eigenvalue weighted by Gasteiger charge is -2.15. The second-order valence-electron chi connectivity index (χ2n) is 6.33. The Hall–Kier alpha value is -1.21. The molecule has 0 bridgehead atoms. The summed E-state index contributed by atoms with van der Waals surface area (Å²) in [6, 6.07) is 17.7. The molecule has 0 aliphatic rings. The maximum atomic E-state index is 5.22. The Kier molecular flexibility index (Phi) is 9.81. The highest BCUT2D eigenvalue weighted by atomic mass is 31.1. The van der Waals surface area contributed by atoms with Gasteiger partial charge >= 0.3 is 0 Å². The highest BCUT2D eigenvalue weighted by Gasteiger charge is 2.09. The van der Waals surface area contributed by atoms with E-state index in [2.05, 4.69) is 48.5 Å². The molecule has 0 spiro atoms. The fraction of sp³-hybridized carbons (Fsp3) is 0.455. The summed E-state index contributed by atoms with van der Waals surface area (Å²) in [7, 11) is 4.30. The first-order valence-corrected chi connectivity index (χ1v) is 10.3. The molecule has 0 aromatic heterocycles. The topological polar surface area (TPSA) is 18.5 Å². The molecule has 0 aliphatic heterocycles. The van der Waals surface area contributed by atoms with Gasteiger partial charge in [0.2, 0.25) is 0 Å². The summed E-state index contributed by atoms with van der Waals surface area (Å²) in [5, 5.41) is 2.92. The van der Waals surface area contributed by atoms with Crippen LogP contribution in [0.25, 0.3) is 0 Å². The van der Waals surface area contributed by atoms with E-state index in [0.717, 1.165) is 47.5 Å². The van der Waals surface area contributed by atoms with Gasteiger partial charge in [0.05, 0.1) is 0 Å². The van der Waals surface area contributed by atoms with Crippen molar-refractivity contribution in [2.45, 2.75) is 38.5 Å². The molecule has 0 saturated heterocycles. The second kappa shape index (κ2) is 12.2. The Morgan fingerprint density at radius 1 is 0.720 bits per heavy atom. The molecule has 0 N–H and O–H groups in total. The van der Waals surface area contributed by atoms with Crippen LogP contribution in [0.15, 0.2) is 48.5 Å². The Morgan fingerprint density at radius 2 is 1.40 bits per heavy atom. The zero-order valence-corrected chi connectivity index (χ0v) is 16.6. The van der Waals surface area contributed by atoms with Crippen LogP contribution >= 0.6 is 8.58 Å². The maximum Gasteiger partial charge on any atom is 0.0462 e. The molecule has 0 heterocycles. The fourth-order valence-electron chi connectivity index (χ4n) is 3.07. The first-order valence-electron chi connectivity index (χ1n) is 9.26. The average molecular weight is 358 g/mol. The third kappa shape index (κ3) is 7.28. The van der Waals surface area contributed by atoms with Crippen molar-refractivity contribution in [2.24, 2.45) is 0 Å². The monoisotopic (exact) mass is 358 g/mol. The van der Waals surface area contributed by atoms with Crippen LogP contribution < -0.4 is 10.6 Å². The molecule has 25 heavy (non-hydrogen) atoms. The molecule has 2 aromatic carbocycles. The molecule has 2 nitrogen and oxygen atoms in total. The predicted octanol–water partition coefficient (Wildman–Crippen LogP) is 4.25. The normalized spacial score (nSPS) is 11.4. The van der Waals surface area contributed by atoms with E-state index in [1.165, 1.54) is 29.0 Å². The molecule has 0 amide bonds. The first kappa shape index (κ1) is 20.1. The van der Waals surface area contributed by atoms with Crippen LogP contribution in [-0.2, 0) is 22.3 Å². The van der Waals surface area contributed by atoms with Crippen molar-refractivity contribution in [3.05, 3.63) is 59.7 Å². The zero-order chi connectivity index (χ0) is 17.7. The van der Waals surface area contributed by atoms with E-state index in [9.17, 15) is 0 Å². The molecule has 0 aliphatic carbocycles. The van der Waals surface area contributed by atoms with Gasteiger partial charge in [-0.15, -0.1) is 0 Å². The van der Waals surface area contributed by atoms with E-state index in [0.29, 0.717) is 0 Å². The van der Waals surface area contributed by atoms with Crippen molar-refractivity contribution in [3.63, 3.8) is 0 Å². The third-order valence-corrected chi connectivity index (χ3v) is 5.76. The van der Waals surface area contributed by atoms with E-state index in [-0.39, 0.29) is 0 Å². The first-order chi connectivity index (χ1) is 12.3. The van der Waals surface area contributed by atoms with Gasteiger partial charge in [-0.05, 0) is 60.3 Å². The van der Waals surface area contributed by atoms with Crippen LogP contribution in [0.5, 0.6) is 0 Å². The minimum absolute atomic E-state index is 0.734. The minimum atomic E-state index is 0.734. The van der Waals surface area contributed by atoms with Crippen molar-refractivity contribution in [2.75, 3.05) is 27.4 Å². The summed E-state index contributed by atoms with van der Waals surface area (Å²) in [5.41, 5.74) is 3.09. The van der Waals surface area contributed by atoms with Crippen molar-refractivity contribution in [1.29, 1.82) is 0 Å². The van der Waals surface area contributed by atoms with E-state index in [1.807, 2.05) is 0 Å². The fourth-order valence-corrected chi connectivity index (χ4v) is 4.35. The molecule has 0 radical (unpaired) electrons. The Balaban J connectivity index is 2.11. The van der Waals surface area contributed by atoms with Crippen LogP contribution in [0.3, 0.4) is 0 Å². The number of aryl methyl sites for hydroxylation is 1. The summed E-state index contributed by atoms with van der Waals surface area (Å²) >= 11 is 0. The summed E-state index contributed by atoms with van der Waals surface area (Å²) in [5.74, 6) is 0. The molecule has 0 fully saturated rings. The van der Waals surface area contributed by atoms with Gasteiger partial charge in [0, 0.05) is 27.4 Å². The number of unbranched alkanes of at least 4 members (excludes halogenated alkanes) is 2. The maximum absolute atomic E-state index is 5.22. The second-order valence-corrected chi connectivity index (χ2v) is 7.70. The molecule has 2 rings (SSSR count). The standard InChI is InChI=1S/C22H31O2P/c1-23-17-8-6-11-19-12-10-16-22(21(19)15-7-9-18-24-2)25-20-13-4-3-5-14-20/h3-5,10,12-14,16,25H,6-9,11,15,17-18H2,1-2H3. The third-order valence-electron chi connectivity index (χ3n) is 4.40. The van der Waals surface area contributed by atoms with Gasteiger partial charge in [-0.1, -0.05) is 57.1 Å². The Bertz CT molecular complexity index is 598. The van der Waals surface area contributed by atoms with Gasteiger partial charge < -0.3 is 9.47 Å². The van der Waals surface area contributed by atoms with Crippen LogP contribution in [0.2, 0.25) is 0 Å². The van der Waals surface area contributed by atoms with Gasteiger partial charge in [-0.3, -0.25) is 0 Å². The van der Waals surface area contributed by atoms with Gasteiger partial charge in [0.25, 0.3) is 0 Å². The molecular formula is C22H31O2P. The van der Waals surface area contributed by atoms with Crippen LogP contribution in [0.1, 0.15) is 36.8 Å². The molecule has 3 heteroatoms. The van der Waals surface area contributed by atoms with E-state index < -0.39 is 0 Å². The van der Waals surface area contributed by atoms with Crippen molar-refractivity contribution in [3.8, 4) is 0 Å². The van der Waals surface area contributed by atoms with Crippen LogP contribution in [0, 0.1) is 0 Å². The summed E-state index contributed by atoms with van der Waals surface area (Å²) in [4.78, 5) is 0. The van der Waals surface area contributed by atoms with Crippen molar-refractivity contribution >= 4 is 19.2 Å². The van der Waals surface area contributed by atoms with Gasteiger partial charge in [-0.25, -0.2) is 0 Å². The smallest absolute Gasteiger partial charge is 0.0462 e. The zero-order valence-electron chi connectivity index (χ0n) is 15.6. The lowest BCUT2D eigenvalue weighted by atomic mass is 9.98. The molecule has 136 valence electrons. The van der Waals surface area contributed by atoms with E-state index in [1.54, 1.807) is 19.8 Å². The number of benzene rings is 2. The lowest BCUT2D eigenvalue weighted by molar-refractivity contribution is 0.192. The summed E-state index contributed by atoms with van der Waals surface area (Å²) in [6.45, 7) is 1.71. The van der Waals surface area contributed by atoms with E-state index >= 15 is 0 Å². The Morgan fingerprint density at radius 3 is 2.08 bits per heavy atom. The molecule has 1 unspecified atom stereocenters. The molecule has 2 aromatic rings. The van der Waals surface area contributed by atoms with Crippen molar-refractivity contribution < 1.29 is 9.47 Å². The number of methoxy groups -OCH3 is 2. The number of hydrogen-bond acceptors (Lipinski definition) is 2. The molecule has 1 atom stereocenters. The average Bonchev–Trinajstić information content (AvgIpc) is 2.64. The number of rotatable bonds is 12. The van der Waals surface area contributed by atoms with Crippen LogP contribution in [0.4, 0.5) is 0 Å². The summed E-state index contributed by atoms with van der Waals surface area (Å²) in [6.07, 6.45) is 6.94. The SMILES string of the molecule is COCCCCc1cccc(Pc2ccccc2)c1CCCCOC. The predicted molar refractivity (Wildman–Crippen MR) is 110 cm³/mol. The number of ether oxygens (including phenoxy) is 2.